The number of aliphatic carboxylic acids is 1. The zero-order valence-corrected chi connectivity index (χ0v) is 11.9. The van der Waals surface area contributed by atoms with Gasteiger partial charge in [0.1, 0.15) is 0 Å². The Bertz CT molecular complexity index is 472. The SMILES string of the molecule is CC(C)CC(CNCc1cccc(C(N)=O)c1)C(=O)O. The third-order valence-electron chi connectivity index (χ3n) is 3.04. The van der Waals surface area contributed by atoms with Gasteiger partial charge in [-0.3, -0.25) is 9.59 Å². The first-order valence-corrected chi connectivity index (χ1v) is 6.72. The highest BCUT2D eigenvalue weighted by atomic mass is 16.4. The van der Waals surface area contributed by atoms with Crippen molar-refractivity contribution in [3.8, 4) is 0 Å². The van der Waals surface area contributed by atoms with Crippen LogP contribution < -0.4 is 11.1 Å². The van der Waals surface area contributed by atoms with Crippen LogP contribution in [0, 0.1) is 11.8 Å². The Morgan fingerprint density at radius 2 is 2.05 bits per heavy atom. The van der Waals surface area contributed by atoms with Gasteiger partial charge in [0.05, 0.1) is 5.92 Å². The molecule has 0 aliphatic carbocycles. The van der Waals surface area contributed by atoms with Gasteiger partial charge in [-0.1, -0.05) is 26.0 Å². The Morgan fingerprint density at radius 1 is 1.35 bits per heavy atom. The lowest BCUT2D eigenvalue weighted by Gasteiger charge is -2.15. The number of nitrogens with two attached hydrogens (primary N) is 1. The molecule has 1 unspecified atom stereocenters. The maximum Gasteiger partial charge on any atom is 0.307 e. The fraction of sp³-hybridized carbons (Fsp3) is 0.467. The van der Waals surface area contributed by atoms with Crippen molar-refractivity contribution in [3.05, 3.63) is 35.4 Å². The van der Waals surface area contributed by atoms with Gasteiger partial charge in [0.15, 0.2) is 0 Å². The first kappa shape index (κ1) is 16.2. The lowest BCUT2D eigenvalue weighted by atomic mass is 9.97. The van der Waals surface area contributed by atoms with Crippen molar-refractivity contribution < 1.29 is 14.7 Å². The van der Waals surface area contributed by atoms with Crippen molar-refractivity contribution >= 4 is 11.9 Å². The highest BCUT2D eigenvalue weighted by molar-refractivity contribution is 5.92. The largest absolute Gasteiger partial charge is 0.481 e. The molecule has 1 rings (SSSR count). The van der Waals surface area contributed by atoms with Crippen LogP contribution in [-0.2, 0) is 11.3 Å². The summed E-state index contributed by atoms with van der Waals surface area (Å²) < 4.78 is 0. The van der Waals surface area contributed by atoms with Crippen LogP contribution in [-0.4, -0.2) is 23.5 Å². The molecule has 4 N–H and O–H groups in total. The molecular weight excluding hydrogens is 256 g/mol. The number of nitrogens with one attached hydrogen (secondary N) is 1. The van der Waals surface area contributed by atoms with Crippen LogP contribution in [0.1, 0.15) is 36.2 Å². The summed E-state index contributed by atoms with van der Waals surface area (Å²) >= 11 is 0. The number of amides is 1. The minimum atomic E-state index is -0.780. The Kier molecular flexibility index (Phi) is 6.18. The Labute approximate surface area is 119 Å². The number of carboxylic acids is 1. The highest BCUT2D eigenvalue weighted by Gasteiger charge is 2.18. The first-order valence-electron chi connectivity index (χ1n) is 6.72. The van der Waals surface area contributed by atoms with Crippen molar-refractivity contribution in [1.29, 1.82) is 0 Å². The Morgan fingerprint density at radius 3 is 2.60 bits per heavy atom. The standard InChI is InChI=1S/C15H22N2O3/c1-10(2)6-13(15(19)20)9-17-8-11-4-3-5-12(7-11)14(16)18/h3-5,7,10,13,17H,6,8-9H2,1-2H3,(H2,16,18)(H,19,20). The van der Waals surface area contributed by atoms with E-state index in [9.17, 15) is 9.59 Å². The molecule has 0 saturated heterocycles. The fourth-order valence-corrected chi connectivity index (χ4v) is 2.07. The second kappa shape index (κ2) is 7.65. The second-order valence-corrected chi connectivity index (χ2v) is 5.36. The zero-order chi connectivity index (χ0) is 15.1. The summed E-state index contributed by atoms with van der Waals surface area (Å²) in [5.74, 6) is -1.29. The number of carbonyl (C=O) groups is 2. The predicted octanol–water partition coefficient (Wildman–Crippen LogP) is 1.62. The number of carbonyl (C=O) groups excluding carboxylic acids is 1. The minimum Gasteiger partial charge on any atom is -0.481 e. The molecule has 0 aliphatic rings. The van der Waals surface area contributed by atoms with Gasteiger partial charge in [-0.05, 0) is 30.0 Å². The molecular formula is C15H22N2O3. The molecule has 110 valence electrons. The highest BCUT2D eigenvalue weighted by Crippen LogP contribution is 2.11. The smallest absolute Gasteiger partial charge is 0.307 e. The van der Waals surface area contributed by atoms with E-state index in [-0.39, 0.29) is 0 Å². The predicted molar refractivity (Wildman–Crippen MR) is 77.2 cm³/mol. The summed E-state index contributed by atoms with van der Waals surface area (Å²) in [4.78, 5) is 22.2. The van der Waals surface area contributed by atoms with Gasteiger partial charge in [0.2, 0.25) is 5.91 Å². The van der Waals surface area contributed by atoms with Gasteiger partial charge < -0.3 is 16.2 Å². The van der Waals surface area contributed by atoms with Crippen molar-refractivity contribution in [2.75, 3.05) is 6.54 Å². The lowest BCUT2D eigenvalue weighted by molar-refractivity contribution is -0.142. The lowest BCUT2D eigenvalue weighted by Crippen LogP contribution is -2.29. The normalized spacial score (nSPS) is 12.3. The quantitative estimate of drug-likeness (QED) is 0.673. The van der Waals surface area contributed by atoms with Crippen LogP contribution in [0.15, 0.2) is 24.3 Å². The molecule has 0 saturated carbocycles. The third-order valence-corrected chi connectivity index (χ3v) is 3.04. The van der Waals surface area contributed by atoms with Gasteiger partial charge in [-0.25, -0.2) is 0 Å². The van der Waals surface area contributed by atoms with E-state index in [4.69, 9.17) is 10.8 Å². The van der Waals surface area contributed by atoms with E-state index < -0.39 is 17.8 Å². The number of primary amides is 1. The molecule has 20 heavy (non-hydrogen) atoms. The molecule has 1 atom stereocenters. The van der Waals surface area contributed by atoms with E-state index in [1.54, 1.807) is 18.2 Å². The van der Waals surface area contributed by atoms with E-state index in [2.05, 4.69) is 5.32 Å². The van der Waals surface area contributed by atoms with Crippen LogP contribution in [0.5, 0.6) is 0 Å². The monoisotopic (exact) mass is 278 g/mol. The molecule has 0 aromatic heterocycles. The summed E-state index contributed by atoms with van der Waals surface area (Å²) in [5.41, 5.74) is 6.59. The third kappa shape index (κ3) is 5.40. The van der Waals surface area contributed by atoms with Crippen molar-refractivity contribution in [2.45, 2.75) is 26.8 Å². The average Bonchev–Trinajstić information content (AvgIpc) is 2.37. The minimum absolute atomic E-state index is 0.344. The van der Waals surface area contributed by atoms with Crippen LogP contribution in [0.25, 0.3) is 0 Å². The summed E-state index contributed by atoms with van der Waals surface area (Å²) in [6.07, 6.45) is 0.643. The summed E-state index contributed by atoms with van der Waals surface area (Å²) in [5, 5.41) is 12.3. The van der Waals surface area contributed by atoms with E-state index >= 15 is 0 Å². The molecule has 0 fully saturated rings. The number of rotatable bonds is 8. The first-order chi connectivity index (χ1) is 9.40. The van der Waals surface area contributed by atoms with Crippen molar-refractivity contribution in [3.63, 3.8) is 0 Å². The van der Waals surface area contributed by atoms with Gasteiger partial charge in [0.25, 0.3) is 0 Å². The van der Waals surface area contributed by atoms with Crippen LogP contribution in [0.2, 0.25) is 0 Å². The molecule has 0 radical (unpaired) electrons. The molecule has 5 heteroatoms. The van der Waals surface area contributed by atoms with Crippen LogP contribution >= 0.6 is 0 Å². The maximum atomic E-state index is 11.1. The average molecular weight is 278 g/mol. The van der Waals surface area contributed by atoms with Gasteiger partial charge in [0, 0.05) is 18.7 Å². The number of hydrogen-bond acceptors (Lipinski definition) is 3. The maximum absolute atomic E-state index is 11.1. The molecule has 0 aliphatic heterocycles. The van der Waals surface area contributed by atoms with Gasteiger partial charge >= 0.3 is 5.97 Å². The zero-order valence-electron chi connectivity index (χ0n) is 11.9. The molecule has 0 bridgehead atoms. The molecule has 1 amide bonds. The summed E-state index contributed by atoms with van der Waals surface area (Å²) in [7, 11) is 0. The second-order valence-electron chi connectivity index (χ2n) is 5.36. The van der Waals surface area contributed by atoms with Crippen LogP contribution in [0.4, 0.5) is 0 Å². The molecule has 1 aromatic rings. The molecule has 0 spiro atoms. The van der Waals surface area contributed by atoms with E-state index in [0.717, 1.165) is 5.56 Å². The summed E-state index contributed by atoms with van der Waals surface area (Å²) in [6.45, 7) is 4.94. The number of benzene rings is 1. The van der Waals surface area contributed by atoms with Gasteiger partial charge in [-0.15, -0.1) is 0 Å². The molecule has 0 heterocycles. The Hall–Kier alpha value is -1.88. The summed E-state index contributed by atoms with van der Waals surface area (Å²) in [6, 6.07) is 7.01. The number of hydrogen-bond donors (Lipinski definition) is 3. The van der Waals surface area contributed by atoms with E-state index in [1.807, 2.05) is 19.9 Å². The van der Waals surface area contributed by atoms with E-state index in [0.29, 0.717) is 31.0 Å². The molecule has 5 nitrogen and oxygen atoms in total. The van der Waals surface area contributed by atoms with Crippen molar-refractivity contribution in [1.82, 2.24) is 5.32 Å². The molecule has 1 aromatic carbocycles. The van der Waals surface area contributed by atoms with Gasteiger partial charge in [-0.2, -0.15) is 0 Å². The number of carboxylic acid groups (broad SMARTS) is 1. The van der Waals surface area contributed by atoms with Crippen molar-refractivity contribution in [2.24, 2.45) is 17.6 Å². The topological polar surface area (TPSA) is 92.4 Å². The Balaban J connectivity index is 2.52. The van der Waals surface area contributed by atoms with Crippen LogP contribution in [0.3, 0.4) is 0 Å². The van der Waals surface area contributed by atoms with E-state index in [1.165, 1.54) is 0 Å². The fourth-order valence-electron chi connectivity index (χ4n) is 2.07.